The van der Waals surface area contributed by atoms with E-state index in [2.05, 4.69) is 20.5 Å². The molecule has 7 nitrogen and oxygen atoms in total. The Kier molecular flexibility index (Phi) is 6.54. The molecule has 0 atom stereocenters. The van der Waals surface area contributed by atoms with Crippen LogP contribution < -0.4 is 20.1 Å². The van der Waals surface area contributed by atoms with Crippen LogP contribution in [0.5, 0.6) is 11.5 Å². The van der Waals surface area contributed by atoms with Gasteiger partial charge in [-0.3, -0.25) is 9.79 Å². The van der Waals surface area contributed by atoms with E-state index in [1.54, 1.807) is 21.3 Å². The molecule has 0 spiro atoms. The third-order valence-corrected chi connectivity index (χ3v) is 4.76. The summed E-state index contributed by atoms with van der Waals surface area (Å²) in [6.45, 7) is 1.47. The number of hydrogen-bond donors (Lipinski definition) is 2. The Labute approximate surface area is 169 Å². The lowest BCUT2D eigenvalue weighted by Crippen LogP contribution is -2.46. The molecule has 2 aromatic rings. The zero-order valence-electron chi connectivity index (χ0n) is 16.8. The molecule has 3 rings (SSSR count). The van der Waals surface area contributed by atoms with Crippen molar-refractivity contribution >= 4 is 17.6 Å². The molecule has 8 heteroatoms. The number of carbonyl (C=O) groups excluding carboxylic acids is 1. The third-order valence-electron chi connectivity index (χ3n) is 4.76. The van der Waals surface area contributed by atoms with Crippen LogP contribution >= 0.6 is 0 Å². The number of anilines is 1. The number of rotatable bonds is 5. The fraction of sp³-hybridized carbons (Fsp3) is 0.333. The fourth-order valence-corrected chi connectivity index (χ4v) is 3.29. The van der Waals surface area contributed by atoms with Gasteiger partial charge in [-0.05, 0) is 53.9 Å². The van der Waals surface area contributed by atoms with Gasteiger partial charge in [0.05, 0.1) is 20.8 Å². The van der Waals surface area contributed by atoms with Crippen LogP contribution in [0.1, 0.15) is 11.1 Å². The van der Waals surface area contributed by atoms with Crippen molar-refractivity contribution in [3.63, 3.8) is 0 Å². The zero-order chi connectivity index (χ0) is 20.8. The topological polar surface area (TPSA) is 75.2 Å². The number of amides is 1. The second kappa shape index (κ2) is 9.27. The van der Waals surface area contributed by atoms with Crippen LogP contribution in [0.2, 0.25) is 0 Å². The molecule has 0 saturated carbocycles. The van der Waals surface area contributed by atoms with Crippen molar-refractivity contribution in [1.82, 2.24) is 10.2 Å². The molecule has 0 radical (unpaired) electrons. The highest BCUT2D eigenvalue weighted by Crippen LogP contribution is 2.33. The van der Waals surface area contributed by atoms with Gasteiger partial charge in [-0.15, -0.1) is 0 Å². The first kappa shape index (κ1) is 20.4. The van der Waals surface area contributed by atoms with Crippen molar-refractivity contribution in [2.75, 3.05) is 39.7 Å². The minimum atomic E-state index is -0.346. The molecule has 0 unspecified atom stereocenters. The van der Waals surface area contributed by atoms with Crippen LogP contribution in [0.4, 0.5) is 10.1 Å². The summed E-state index contributed by atoms with van der Waals surface area (Å²) < 4.78 is 23.7. The van der Waals surface area contributed by atoms with Crippen LogP contribution in [0.15, 0.2) is 41.4 Å². The highest BCUT2D eigenvalue weighted by molar-refractivity contribution is 5.95. The van der Waals surface area contributed by atoms with E-state index in [0.717, 1.165) is 24.3 Å². The van der Waals surface area contributed by atoms with E-state index >= 15 is 0 Å². The van der Waals surface area contributed by atoms with E-state index in [4.69, 9.17) is 9.47 Å². The van der Waals surface area contributed by atoms with E-state index in [1.165, 1.54) is 29.8 Å². The zero-order valence-corrected chi connectivity index (χ0v) is 16.8. The number of carbonyl (C=O) groups is 1. The lowest BCUT2D eigenvalue weighted by atomic mass is 9.99. The number of benzene rings is 2. The largest absolute Gasteiger partial charge is 0.493 e. The van der Waals surface area contributed by atoms with Crippen LogP contribution in [0.3, 0.4) is 0 Å². The van der Waals surface area contributed by atoms with Gasteiger partial charge in [0, 0.05) is 25.8 Å². The maximum absolute atomic E-state index is 13.0. The summed E-state index contributed by atoms with van der Waals surface area (Å²) in [5.41, 5.74) is 2.89. The highest BCUT2D eigenvalue weighted by atomic mass is 19.1. The summed E-state index contributed by atoms with van der Waals surface area (Å²) in [7, 11) is 4.93. The first-order chi connectivity index (χ1) is 14.0. The molecule has 1 aliphatic rings. The van der Waals surface area contributed by atoms with Crippen LogP contribution in [-0.4, -0.2) is 51.1 Å². The number of ether oxygens (including phenoxy) is 2. The standard InChI is InChI=1S/C21H25FN4O3/c1-23-21(24-12-20(27)25-17-6-4-16(22)5-7-17)26-9-8-14-10-18(28-2)19(29-3)11-15(14)13-26/h4-7,10-11H,8-9,12-13H2,1-3H3,(H,23,24)(H,25,27). The van der Waals surface area contributed by atoms with E-state index in [0.29, 0.717) is 23.9 Å². The number of nitrogens with one attached hydrogen (secondary N) is 2. The Balaban J connectivity index is 1.61. The first-order valence-electron chi connectivity index (χ1n) is 9.29. The van der Waals surface area contributed by atoms with Gasteiger partial charge < -0.3 is 25.0 Å². The second-order valence-corrected chi connectivity index (χ2v) is 6.60. The van der Waals surface area contributed by atoms with Crippen molar-refractivity contribution in [3.05, 3.63) is 53.3 Å². The van der Waals surface area contributed by atoms with Gasteiger partial charge in [0.1, 0.15) is 5.82 Å². The molecule has 0 saturated heterocycles. The Morgan fingerprint density at radius 3 is 2.41 bits per heavy atom. The van der Waals surface area contributed by atoms with E-state index < -0.39 is 0 Å². The SMILES string of the molecule is CN=C(NCC(=O)Nc1ccc(F)cc1)N1CCc2cc(OC)c(OC)cc2C1. The molecule has 0 fully saturated rings. The Bertz CT molecular complexity index is 900. The summed E-state index contributed by atoms with van der Waals surface area (Å²) in [4.78, 5) is 18.6. The molecule has 0 aliphatic carbocycles. The minimum absolute atomic E-state index is 0.0549. The van der Waals surface area contributed by atoms with Gasteiger partial charge in [-0.25, -0.2) is 4.39 Å². The summed E-state index contributed by atoms with van der Waals surface area (Å²) in [6.07, 6.45) is 0.832. The lowest BCUT2D eigenvalue weighted by molar-refractivity contribution is -0.115. The van der Waals surface area contributed by atoms with Crippen molar-refractivity contribution in [3.8, 4) is 11.5 Å². The number of hydrogen-bond acceptors (Lipinski definition) is 4. The van der Waals surface area contributed by atoms with Crippen LogP contribution in [0, 0.1) is 5.82 Å². The Morgan fingerprint density at radius 1 is 1.14 bits per heavy atom. The molecule has 1 amide bonds. The van der Waals surface area contributed by atoms with Gasteiger partial charge in [0.25, 0.3) is 0 Å². The van der Waals surface area contributed by atoms with E-state index in [9.17, 15) is 9.18 Å². The average Bonchev–Trinajstić information content (AvgIpc) is 2.74. The summed E-state index contributed by atoms with van der Waals surface area (Å²) in [6, 6.07) is 9.64. The molecular weight excluding hydrogens is 375 g/mol. The maximum Gasteiger partial charge on any atom is 0.243 e. The van der Waals surface area contributed by atoms with Gasteiger partial charge >= 0.3 is 0 Å². The Hall–Kier alpha value is -3.29. The van der Waals surface area contributed by atoms with E-state index in [-0.39, 0.29) is 18.3 Å². The first-order valence-corrected chi connectivity index (χ1v) is 9.29. The summed E-state index contributed by atoms with van der Waals surface area (Å²) in [5.74, 6) is 1.47. The van der Waals surface area contributed by atoms with Crippen molar-refractivity contribution in [1.29, 1.82) is 0 Å². The van der Waals surface area contributed by atoms with Gasteiger partial charge in [0.2, 0.25) is 5.91 Å². The van der Waals surface area contributed by atoms with E-state index in [1.807, 2.05) is 12.1 Å². The summed E-state index contributed by atoms with van der Waals surface area (Å²) >= 11 is 0. The maximum atomic E-state index is 13.0. The lowest BCUT2D eigenvalue weighted by Gasteiger charge is -2.32. The third kappa shape index (κ3) is 4.96. The quantitative estimate of drug-likeness (QED) is 0.596. The predicted molar refractivity (Wildman–Crippen MR) is 110 cm³/mol. The molecule has 2 aromatic carbocycles. The number of halogens is 1. The number of nitrogens with zero attached hydrogens (tertiary/aromatic N) is 2. The normalized spacial score (nSPS) is 13.5. The smallest absolute Gasteiger partial charge is 0.243 e. The van der Waals surface area contributed by atoms with Crippen LogP contribution in [0.25, 0.3) is 0 Å². The van der Waals surface area contributed by atoms with Crippen molar-refractivity contribution < 1.29 is 18.7 Å². The molecule has 29 heavy (non-hydrogen) atoms. The number of methoxy groups -OCH3 is 2. The van der Waals surface area contributed by atoms with Gasteiger partial charge in [0.15, 0.2) is 17.5 Å². The van der Waals surface area contributed by atoms with Crippen LogP contribution in [-0.2, 0) is 17.8 Å². The molecule has 154 valence electrons. The van der Waals surface area contributed by atoms with Crippen molar-refractivity contribution in [2.24, 2.45) is 4.99 Å². The number of guanidine groups is 1. The molecule has 0 bridgehead atoms. The van der Waals surface area contributed by atoms with Gasteiger partial charge in [-0.1, -0.05) is 0 Å². The highest BCUT2D eigenvalue weighted by Gasteiger charge is 2.22. The van der Waals surface area contributed by atoms with Crippen molar-refractivity contribution in [2.45, 2.75) is 13.0 Å². The molecule has 1 aliphatic heterocycles. The second-order valence-electron chi connectivity index (χ2n) is 6.60. The minimum Gasteiger partial charge on any atom is -0.493 e. The predicted octanol–water partition coefficient (Wildman–Crippen LogP) is 2.42. The number of fused-ring (bicyclic) bond motifs is 1. The molecule has 2 N–H and O–H groups in total. The van der Waals surface area contributed by atoms with Gasteiger partial charge in [-0.2, -0.15) is 0 Å². The average molecular weight is 400 g/mol. The molecule has 0 aromatic heterocycles. The summed E-state index contributed by atoms with van der Waals surface area (Å²) in [5, 5.41) is 5.81. The monoisotopic (exact) mass is 400 g/mol. The fourth-order valence-electron chi connectivity index (χ4n) is 3.29. The Morgan fingerprint density at radius 2 is 1.79 bits per heavy atom. The molecule has 1 heterocycles. The molecular formula is C21H25FN4O3. The number of aliphatic imine (C=N–C) groups is 1.